The molecular formula is C4H7Cl2O. The van der Waals surface area contributed by atoms with Crippen LogP contribution in [0.15, 0.2) is 0 Å². The molecular weight excluding hydrogens is 135 g/mol. The monoisotopic (exact) mass is 141 g/mol. The fourth-order valence-electron chi connectivity index (χ4n) is 0.238. The molecule has 1 nitrogen and oxygen atoms in total. The molecule has 0 bridgehead atoms. The number of alkyl halides is 2. The van der Waals surface area contributed by atoms with Crippen LogP contribution in [0.2, 0.25) is 0 Å². The summed E-state index contributed by atoms with van der Waals surface area (Å²) in [4.78, 5) is -0.353. The van der Waals surface area contributed by atoms with Crippen LogP contribution in [0.3, 0.4) is 0 Å². The Morgan fingerprint density at radius 1 is 1.43 bits per heavy atom. The highest BCUT2D eigenvalue weighted by Gasteiger charge is 1.95. The molecule has 0 N–H and O–H groups in total. The minimum Gasteiger partial charge on any atom is -0.237 e. The molecule has 43 valence electrons. The highest BCUT2D eigenvalue weighted by atomic mass is 35.5. The first-order valence-electron chi connectivity index (χ1n) is 2.13. The Morgan fingerprint density at radius 2 is 2.00 bits per heavy atom. The third kappa shape index (κ3) is 6.54. The van der Waals surface area contributed by atoms with Gasteiger partial charge in [0.05, 0.1) is 6.61 Å². The molecule has 0 saturated carbocycles. The van der Waals surface area contributed by atoms with Crippen molar-refractivity contribution in [2.45, 2.75) is 17.7 Å². The maximum atomic E-state index is 9.72. The summed E-state index contributed by atoms with van der Waals surface area (Å²) in [5.74, 6) is 0. The Kier molecular flexibility index (Phi) is 5.05. The van der Waals surface area contributed by atoms with Crippen molar-refractivity contribution < 1.29 is 5.11 Å². The third-order valence-corrected chi connectivity index (χ3v) is 1.00. The van der Waals surface area contributed by atoms with Crippen molar-refractivity contribution in [3.05, 3.63) is 0 Å². The van der Waals surface area contributed by atoms with Gasteiger partial charge in [0.2, 0.25) is 0 Å². The van der Waals surface area contributed by atoms with Crippen LogP contribution in [-0.4, -0.2) is 11.4 Å². The molecule has 0 aliphatic rings. The van der Waals surface area contributed by atoms with Crippen molar-refractivity contribution in [1.29, 1.82) is 0 Å². The van der Waals surface area contributed by atoms with Gasteiger partial charge in [0.25, 0.3) is 0 Å². The van der Waals surface area contributed by atoms with E-state index in [1.165, 1.54) is 0 Å². The largest absolute Gasteiger partial charge is 0.237 e. The Balaban J connectivity index is 2.68. The fraction of sp³-hybridized carbons (Fsp3) is 1.00. The van der Waals surface area contributed by atoms with Crippen LogP contribution in [-0.2, 0) is 5.11 Å². The highest BCUT2D eigenvalue weighted by Crippen LogP contribution is 2.08. The Hall–Kier alpha value is 0.540. The summed E-state index contributed by atoms with van der Waals surface area (Å²) < 4.78 is 0. The second-order valence-corrected chi connectivity index (χ2v) is 2.51. The topological polar surface area (TPSA) is 19.9 Å². The number of halogens is 2. The first-order valence-corrected chi connectivity index (χ1v) is 3.01. The van der Waals surface area contributed by atoms with Crippen molar-refractivity contribution in [3.63, 3.8) is 0 Å². The van der Waals surface area contributed by atoms with E-state index >= 15 is 0 Å². The van der Waals surface area contributed by atoms with Crippen LogP contribution in [0, 0.1) is 0 Å². The first kappa shape index (κ1) is 7.54. The predicted molar refractivity (Wildman–Crippen MR) is 30.3 cm³/mol. The standard InChI is InChI=1S/C4H7Cl2O/c5-4(6)2-1-3-7/h4H,1-3H2. The molecule has 0 fully saturated rings. The zero-order valence-electron chi connectivity index (χ0n) is 3.86. The smallest absolute Gasteiger partial charge is 0.107 e. The van der Waals surface area contributed by atoms with Crippen molar-refractivity contribution in [2.75, 3.05) is 6.61 Å². The second kappa shape index (κ2) is 4.69. The van der Waals surface area contributed by atoms with Crippen LogP contribution in [0.4, 0.5) is 0 Å². The van der Waals surface area contributed by atoms with Crippen LogP contribution in [0.1, 0.15) is 12.8 Å². The molecule has 7 heavy (non-hydrogen) atoms. The van der Waals surface area contributed by atoms with Gasteiger partial charge >= 0.3 is 0 Å². The lowest BCUT2D eigenvalue weighted by Crippen LogP contribution is -1.88. The van der Waals surface area contributed by atoms with Crippen molar-refractivity contribution in [1.82, 2.24) is 0 Å². The SMILES string of the molecule is [O]CCCC(Cl)Cl. The van der Waals surface area contributed by atoms with Crippen LogP contribution in [0.25, 0.3) is 0 Å². The van der Waals surface area contributed by atoms with E-state index < -0.39 is 0 Å². The number of hydrogen-bond acceptors (Lipinski definition) is 0. The summed E-state index contributed by atoms with van der Waals surface area (Å²) >= 11 is 10.6. The van der Waals surface area contributed by atoms with Crippen LogP contribution in [0.5, 0.6) is 0 Å². The predicted octanol–water partition coefficient (Wildman–Crippen LogP) is 2.00. The van der Waals surface area contributed by atoms with Gasteiger partial charge in [-0.05, 0) is 12.8 Å². The van der Waals surface area contributed by atoms with Crippen molar-refractivity contribution in [2.24, 2.45) is 0 Å². The molecule has 0 aliphatic carbocycles. The molecule has 0 heterocycles. The molecule has 0 rings (SSSR count). The lowest BCUT2D eigenvalue weighted by atomic mass is 10.4. The van der Waals surface area contributed by atoms with Gasteiger partial charge in [-0.15, -0.1) is 23.2 Å². The van der Waals surface area contributed by atoms with Gasteiger partial charge in [0.15, 0.2) is 0 Å². The van der Waals surface area contributed by atoms with E-state index in [9.17, 15) is 5.11 Å². The van der Waals surface area contributed by atoms with Gasteiger partial charge in [0, 0.05) is 0 Å². The molecule has 0 unspecified atom stereocenters. The summed E-state index contributed by atoms with van der Waals surface area (Å²) in [6.45, 7) is -0.0735. The molecule has 0 saturated heterocycles. The lowest BCUT2D eigenvalue weighted by Gasteiger charge is -1.93. The maximum Gasteiger partial charge on any atom is 0.107 e. The molecule has 0 aromatic heterocycles. The Bertz CT molecular complexity index is 38.7. The zero-order chi connectivity index (χ0) is 5.70. The lowest BCUT2D eigenvalue weighted by molar-refractivity contribution is 0.188. The zero-order valence-corrected chi connectivity index (χ0v) is 5.37. The minimum atomic E-state index is -0.353. The average molecular weight is 142 g/mol. The second-order valence-electron chi connectivity index (χ2n) is 1.24. The summed E-state index contributed by atoms with van der Waals surface area (Å²) in [6, 6.07) is 0. The van der Waals surface area contributed by atoms with Gasteiger partial charge < -0.3 is 0 Å². The molecule has 3 heteroatoms. The minimum absolute atomic E-state index is 0.0735. The van der Waals surface area contributed by atoms with Gasteiger partial charge in [-0.2, -0.15) is 0 Å². The summed E-state index contributed by atoms with van der Waals surface area (Å²) in [5, 5.41) is 9.72. The van der Waals surface area contributed by atoms with E-state index in [2.05, 4.69) is 0 Å². The van der Waals surface area contributed by atoms with Gasteiger partial charge in [-0.3, -0.25) is 0 Å². The van der Waals surface area contributed by atoms with Crippen LogP contribution >= 0.6 is 23.2 Å². The molecule has 0 aromatic carbocycles. The number of rotatable bonds is 3. The quantitative estimate of drug-likeness (QED) is 0.537. The fourth-order valence-corrected chi connectivity index (χ4v) is 0.546. The van der Waals surface area contributed by atoms with E-state index in [0.717, 1.165) is 0 Å². The molecule has 0 aromatic rings. The molecule has 0 aliphatic heterocycles. The van der Waals surface area contributed by atoms with Crippen molar-refractivity contribution >= 4 is 23.2 Å². The Labute approximate surface area is 53.2 Å². The normalized spacial score (nSPS) is 10.3. The molecule has 0 amide bonds. The molecule has 1 radical (unpaired) electrons. The highest BCUT2D eigenvalue weighted by molar-refractivity contribution is 6.44. The van der Waals surface area contributed by atoms with E-state index in [4.69, 9.17) is 23.2 Å². The van der Waals surface area contributed by atoms with Gasteiger partial charge in [0.1, 0.15) is 4.84 Å². The summed E-state index contributed by atoms with van der Waals surface area (Å²) in [6.07, 6.45) is 1.20. The number of hydrogen-bond donors (Lipinski definition) is 0. The van der Waals surface area contributed by atoms with E-state index in [1.54, 1.807) is 0 Å². The van der Waals surface area contributed by atoms with Gasteiger partial charge in [-0.25, -0.2) is 5.11 Å². The van der Waals surface area contributed by atoms with E-state index in [-0.39, 0.29) is 11.4 Å². The average Bonchev–Trinajstić information content (AvgIpc) is 1.61. The van der Waals surface area contributed by atoms with Crippen molar-refractivity contribution in [3.8, 4) is 0 Å². The molecule has 0 atom stereocenters. The van der Waals surface area contributed by atoms with Gasteiger partial charge in [-0.1, -0.05) is 0 Å². The van der Waals surface area contributed by atoms with E-state index in [0.29, 0.717) is 12.8 Å². The summed E-state index contributed by atoms with van der Waals surface area (Å²) in [5.41, 5.74) is 0. The Morgan fingerprint density at radius 3 is 2.14 bits per heavy atom. The van der Waals surface area contributed by atoms with Crippen LogP contribution < -0.4 is 0 Å². The first-order chi connectivity index (χ1) is 3.27. The molecule has 0 spiro atoms. The summed E-state index contributed by atoms with van der Waals surface area (Å²) in [7, 11) is 0. The third-order valence-electron chi connectivity index (χ3n) is 0.567. The maximum absolute atomic E-state index is 9.72. The van der Waals surface area contributed by atoms with E-state index in [1.807, 2.05) is 0 Å².